The number of anilines is 1. The largest absolute Gasteiger partial charge is 0.384 e. The molecule has 1 aliphatic carbocycles. The quantitative estimate of drug-likeness (QED) is 0.661. The second-order valence-electron chi connectivity index (χ2n) is 4.27. The number of nitrogens with one attached hydrogen (secondary N) is 1. The van der Waals surface area contributed by atoms with Crippen molar-refractivity contribution >= 4 is 27.5 Å². The first-order valence-corrected chi connectivity index (χ1v) is 6.25. The van der Waals surface area contributed by atoms with E-state index in [9.17, 15) is 0 Å². The van der Waals surface area contributed by atoms with E-state index >= 15 is 0 Å². The molecule has 1 fully saturated rings. The summed E-state index contributed by atoms with van der Waals surface area (Å²) in [7, 11) is 2.08. The van der Waals surface area contributed by atoms with Crippen LogP contribution >= 0.6 is 15.9 Å². The molecule has 0 amide bonds. The number of benzene rings is 1. The molecule has 1 aromatic carbocycles. The fourth-order valence-corrected chi connectivity index (χ4v) is 2.36. The number of hydrogen-bond donors (Lipinski definition) is 2. The van der Waals surface area contributed by atoms with Crippen molar-refractivity contribution in [3.63, 3.8) is 0 Å². The molecule has 0 saturated heterocycles. The van der Waals surface area contributed by atoms with Crippen LogP contribution < -0.4 is 10.6 Å². The summed E-state index contributed by atoms with van der Waals surface area (Å²) in [6.07, 6.45) is 3.79. The third-order valence-corrected chi connectivity index (χ3v) is 3.74. The summed E-state index contributed by atoms with van der Waals surface area (Å²) in [5, 5.41) is 7.61. The van der Waals surface area contributed by atoms with Crippen molar-refractivity contribution in [1.29, 1.82) is 5.41 Å². The molecule has 0 atom stereocenters. The first kappa shape index (κ1) is 11.5. The Labute approximate surface area is 104 Å². The van der Waals surface area contributed by atoms with Crippen molar-refractivity contribution in [2.24, 2.45) is 5.73 Å². The number of nitrogen functional groups attached to an aromatic ring is 1. The summed E-state index contributed by atoms with van der Waals surface area (Å²) in [5.74, 6) is 0.127. The molecule has 2 rings (SSSR count). The minimum Gasteiger partial charge on any atom is -0.384 e. The Morgan fingerprint density at radius 3 is 2.69 bits per heavy atom. The number of nitrogens with zero attached hydrogens (tertiary/aromatic N) is 1. The van der Waals surface area contributed by atoms with Crippen molar-refractivity contribution in [2.75, 3.05) is 11.9 Å². The van der Waals surface area contributed by atoms with Gasteiger partial charge in [-0.05, 0) is 37.5 Å². The summed E-state index contributed by atoms with van der Waals surface area (Å²) in [5.41, 5.74) is 7.48. The van der Waals surface area contributed by atoms with Crippen molar-refractivity contribution in [3.8, 4) is 0 Å². The highest BCUT2D eigenvalue weighted by atomic mass is 79.9. The lowest BCUT2D eigenvalue weighted by Gasteiger charge is -2.37. The van der Waals surface area contributed by atoms with Gasteiger partial charge >= 0.3 is 0 Å². The molecule has 3 N–H and O–H groups in total. The molecule has 16 heavy (non-hydrogen) atoms. The van der Waals surface area contributed by atoms with E-state index in [-0.39, 0.29) is 5.84 Å². The maximum atomic E-state index is 7.61. The van der Waals surface area contributed by atoms with E-state index in [1.54, 1.807) is 0 Å². The van der Waals surface area contributed by atoms with Crippen LogP contribution in [0.25, 0.3) is 0 Å². The van der Waals surface area contributed by atoms with Crippen LogP contribution in [0.15, 0.2) is 22.7 Å². The SMILES string of the molecule is CN(c1ccc(Br)cc1C(=N)N)C1CCC1. The van der Waals surface area contributed by atoms with Crippen LogP contribution in [0.2, 0.25) is 0 Å². The average Bonchev–Trinajstić information content (AvgIpc) is 2.14. The third-order valence-electron chi connectivity index (χ3n) is 3.25. The van der Waals surface area contributed by atoms with Gasteiger partial charge in [-0.3, -0.25) is 5.41 Å². The molecule has 1 aliphatic rings. The molecule has 0 heterocycles. The van der Waals surface area contributed by atoms with Gasteiger partial charge < -0.3 is 10.6 Å². The lowest BCUT2D eigenvalue weighted by molar-refractivity contribution is 0.401. The standard InChI is InChI=1S/C12H16BrN3/c1-16(9-3-2-4-9)11-6-5-8(13)7-10(11)12(14)15/h5-7,9H,2-4H2,1H3,(H3,14,15). The van der Waals surface area contributed by atoms with E-state index < -0.39 is 0 Å². The molecule has 0 aliphatic heterocycles. The summed E-state index contributed by atoms with van der Waals surface area (Å²) in [6, 6.07) is 6.54. The molecule has 1 aromatic rings. The van der Waals surface area contributed by atoms with Crippen molar-refractivity contribution < 1.29 is 0 Å². The molecule has 1 saturated carbocycles. The third kappa shape index (κ3) is 2.07. The average molecular weight is 282 g/mol. The van der Waals surface area contributed by atoms with Crippen LogP contribution in [0.3, 0.4) is 0 Å². The fourth-order valence-electron chi connectivity index (χ4n) is 2.00. The molecule has 0 bridgehead atoms. The van der Waals surface area contributed by atoms with E-state index in [0.29, 0.717) is 6.04 Å². The number of rotatable bonds is 3. The monoisotopic (exact) mass is 281 g/mol. The Morgan fingerprint density at radius 2 is 2.19 bits per heavy atom. The molecular weight excluding hydrogens is 266 g/mol. The normalized spacial score (nSPS) is 15.6. The van der Waals surface area contributed by atoms with E-state index in [2.05, 4.69) is 27.9 Å². The molecular formula is C12H16BrN3. The van der Waals surface area contributed by atoms with Crippen LogP contribution in [0.5, 0.6) is 0 Å². The highest BCUT2D eigenvalue weighted by Crippen LogP contribution is 2.31. The zero-order valence-electron chi connectivity index (χ0n) is 9.33. The van der Waals surface area contributed by atoms with Gasteiger partial charge in [-0.25, -0.2) is 0 Å². The van der Waals surface area contributed by atoms with Crippen molar-refractivity contribution in [1.82, 2.24) is 0 Å². The second-order valence-corrected chi connectivity index (χ2v) is 5.19. The van der Waals surface area contributed by atoms with Crippen LogP contribution in [-0.2, 0) is 0 Å². The summed E-state index contributed by atoms with van der Waals surface area (Å²) < 4.78 is 0.962. The lowest BCUT2D eigenvalue weighted by atomic mass is 9.91. The van der Waals surface area contributed by atoms with E-state index in [1.165, 1.54) is 19.3 Å². The Balaban J connectivity index is 2.34. The van der Waals surface area contributed by atoms with Gasteiger partial charge in [0.05, 0.1) is 0 Å². The number of nitrogens with two attached hydrogens (primary N) is 1. The van der Waals surface area contributed by atoms with Gasteiger partial charge in [0.1, 0.15) is 5.84 Å². The maximum absolute atomic E-state index is 7.61. The molecule has 0 aromatic heterocycles. The van der Waals surface area contributed by atoms with Gasteiger partial charge in [-0.1, -0.05) is 15.9 Å². The zero-order chi connectivity index (χ0) is 11.7. The van der Waals surface area contributed by atoms with E-state index in [4.69, 9.17) is 11.1 Å². The number of hydrogen-bond acceptors (Lipinski definition) is 2. The first-order chi connectivity index (χ1) is 7.59. The van der Waals surface area contributed by atoms with Crippen molar-refractivity contribution in [2.45, 2.75) is 25.3 Å². The van der Waals surface area contributed by atoms with Gasteiger partial charge in [0.2, 0.25) is 0 Å². The summed E-state index contributed by atoms with van der Waals surface area (Å²) >= 11 is 3.41. The Hall–Kier alpha value is -1.03. The highest BCUT2D eigenvalue weighted by molar-refractivity contribution is 9.10. The first-order valence-electron chi connectivity index (χ1n) is 5.46. The smallest absolute Gasteiger partial charge is 0.124 e. The molecule has 0 radical (unpaired) electrons. The Morgan fingerprint density at radius 1 is 1.50 bits per heavy atom. The van der Waals surface area contributed by atoms with Gasteiger partial charge in [-0.2, -0.15) is 0 Å². The van der Waals surface area contributed by atoms with Gasteiger partial charge in [0, 0.05) is 28.8 Å². The predicted octanol–water partition coefficient (Wildman–Crippen LogP) is 2.72. The van der Waals surface area contributed by atoms with E-state index in [0.717, 1.165) is 15.7 Å². The second kappa shape index (κ2) is 4.45. The van der Waals surface area contributed by atoms with Gasteiger partial charge in [-0.15, -0.1) is 0 Å². The van der Waals surface area contributed by atoms with Crippen LogP contribution in [0, 0.1) is 5.41 Å². The van der Waals surface area contributed by atoms with Crippen LogP contribution in [0.1, 0.15) is 24.8 Å². The fraction of sp³-hybridized carbons (Fsp3) is 0.417. The number of amidine groups is 1. The highest BCUT2D eigenvalue weighted by Gasteiger charge is 2.24. The number of halogens is 1. The topological polar surface area (TPSA) is 53.1 Å². The minimum absolute atomic E-state index is 0.127. The zero-order valence-corrected chi connectivity index (χ0v) is 10.9. The summed E-state index contributed by atoms with van der Waals surface area (Å²) in [6.45, 7) is 0. The molecule has 86 valence electrons. The molecule has 4 heteroatoms. The maximum Gasteiger partial charge on any atom is 0.124 e. The molecule has 0 spiro atoms. The van der Waals surface area contributed by atoms with Crippen molar-refractivity contribution in [3.05, 3.63) is 28.2 Å². The minimum atomic E-state index is 0.127. The molecule has 3 nitrogen and oxygen atoms in total. The Kier molecular flexibility index (Phi) is 3.19. The Bertz CT molecular complexity index is 413. The lowest BCUT2D eigenvalue weighted by Crippen LogP contribution is -2.38. The van der Waals surface area contributed by atoms with E-state index in [1.807, 2.05) is 18.2 Å². The van der Waals surface area contributed by atoms with Gasteiger partial charge in [0.25, 0.3) is 0 Å². The predicted molar refractivity (Wildman–Crippen MR) is 71.2 cm³/mol. The van der Waals surface area contributed by atoms with Crippen LogP contribution in [0.4, 0.5) is 5.69 Å². The summed E-state index contributed by atoms with van der Waals surface area (Å²) in [4.78, 5) is 2.24. The van der Waals surface area contributed by atoms with Gasteiger partial charge in [0.15, 0.2) is 0 Å². The van der Waals surface area contributed by atoms with Crippen LogP contribution in [-0.4, -0.2) is 18.9 Å². The molecule has 0 unspecified atom stereocenters.